The zero-order chi connectivity index (χ0) is 14.7. The van der Waals surface area contributed by atoms with E-state index in [9.17, 15) is 4.79 Å². The monoisotopic (exact) mass is 321 g/mol. The van der Waals surface area contributed by atoms with Crippen molar-refractivity contribution in [2.45, 2.75) is 10.9 Å². The summed E-state index contributed by atoms with van der Waals surface area (Å²) in [7, 11) is 1.32. The molecule has 3 rings (SSSR count). The number of rotatable bonds is 5. The highest BCUT2D eigenvalue weighted by Gasteiger charge is 2.12. The Labute approximate surface area is 128 Å². The highest BCUT2D eigenvalue weighted by molar-refractivity contribution is 7.98. The summed E-state index contributed by atoms with van der Waals surface area (Å²) in [6.07, 6.45) is 0. The summed E-state index contributed by atoms with van der Waals surface area (Å²) in [5, 5.41) is 9.67. The molecule has 0 aliphatic carbocycles. The molecule has 0 unspecified atom stereocenters. The number of nitrogens with zero attached hydrogens (tertiary/aromatic N) is 2. The lowest BCUT2D eigenvalue weighted by molar-refractivity contribution is 0.0563. The number of hydrogen-bond donors (Lipinski definition) is 1. The van der Waals surface area contributed by atoms with Crippen LogP contribution in [0.3, 0.4) is 0 Å². The van der Waals surface area contributed by atoms with Gasteiger partial charge >= 0.3 is 5.97 Å². The van der Waals surface area contributed by atoms with Crippen LogP contribution in [-0.2, 0) is 10.5 Å². The molecule has 0 saturated heterocycles. The van der Waals surface area contributed by atoms with E-state index in [1.165, 1.54) is 18.9 Å². The molecule has 0 aliphatic heterocycles. The van der Waals surface area contributed by atoms with Crippen LogP contribution in [0.15, 0.2) is 39.2 Å². The normalized spacial score (nSPS) is 10.7. The lowest BCUT2D eigenvalue weighted by Gasteiger charge is -1.94. The minimum atomic E-state index is -0.482. The molecule has 3 heterocycles. The second-order valence-electron chi connectivity index (χ2n) is 3.99. The number of esters is 1. The topological polar surface area (TPSA) is 81.0 Å². The molecule has 0 radical (unpaired) electrons. The standard InChI is InChI=1S/C13H11N3O3S2/c1-18-12(17)9-5-4-8(19-9)7-21-13-14-11(15-16-13)10-3-2-6-20-10/h2-6H,7H2,1H3,(H,14,15,16). The number of furan rings is 1. The number of aromatic nitrogens is 3. The predicted octanol–water partition coefficient (Wildman–Crippen LogP) is 3.21. The molecular weight excluding hydrogens is 310 g/mol. The van der Waals surface area contributed by atoms with Gasteiger partial charge < -0.3 is 9.15 Å². The van der Waals surface area contributed by atoms with E-state index in [1.54, 1.807) is 23.5 Å². The summed E-state index contributed by atoms with van der Waals surface area (Å²) in [6, 6.07) is 7.28. The first kappa shape index (κ1) is 13.9. The van der Waals surface area contributed by atoms with Gasteiger partial charge in [0.1, 0.15) is 5.76 Å². The summed E-state index contributed by atoms with van der Waals surface area (Å²) in [6.45, 7) is 0. The van der Waals surface area contributed by atoms with Crippen molar-refractivity contribution in [2.24, 2.45) is 0 Å². The van der Waals surface area contributed by atoms with Crippen molar-refractivity contribution in [1.82, 2.24) is 15.2 Å². The van der Waals surface area contributed by atoms with Gasteiger partial charge in [0, 0.05) is 0 Å². The van der Waals surface area contributed by atoms with Crippen molar-refractivity contribution in [3.05, 3.63) is 41.2 Å². The van der Waals surface area contributed by atoms with Gasteiger partial charge in [-0.05, 0) is 23.6 Å². The highest BCUT2D eigenvalue weighted by atomic mass is 32.2. The smallest absolute Gasteiger partial charge is 0.373 e. The third kappa shape index (κ3) is 3.17. The Balaban J connectivity index is 1.63. The van der Waals surface area contributed by atoms with Gasteiger partial charge in [-0.15, -0.1) is 16.4 Å². The van der Waals surface area contributed by atoms with Crippen molar-refractivity contribution in [3.63, 3.8) is 0 Å². The van der Waals surface area contributed by atoms with E-state index < -0.39 is 5.97 Å². The number of thiophene rings is 1. The lowest BCUT2D eigenvalue weighted by Crippen LogP contribution is -1.98. The summed E-state index contributed by atoms with van der Waals surface area (Å²) < 4.78 is 9.97. The number of aromatic amines is 1. The quantitative estimate of drug-likeness (QED) is 0.574. The minimum Gasteiger partial charge on any atom is -0.463 e. The molecule has 0 spiro atoms. The van der Waals surface area contributed by atoms with Crippen LogP contribution in [-0.4, -0.2) is 28.3 Å². The predicted molar refractivity (Wildman–Crippen MR) is 79.3 cm³/mol. The zero-order valence-corrected chi connectivity index (χ0v) is 12.7. The fourth-order valence-corrected chi connectivity index (χ4v) is 2.99. The first-order valence-electron chi connectivity index (χ1n) is 6.02. The number of carbonyl (C=O) groups is 1. The van der Waals surface area contributed by atoms with E-state index in [0.717, 1.165) is 10.7 Å². The van der Waals surface area contributed by atoms with E-state index in [2.05, 4.69) is 19.9 Å². The van der Waals surface area contributed by atoms with Crippen molar-refractivity contribution in [1.29, 1.82) is 0 Å². The molecule has 3 aromatic rings. The number of H-pyrrole nitrogens is 1. The number of methoxy groups -OCH3 is 1. The van der Waals surface area contributed by atoms with Crippen LogP contribution in [0.25, 0.3) is 10.7 Å². The Morgan fingerprint density at radius 2 is 2.38 bits per heavy atom. The van der Waals surface area contributed by atoms with Crippen LogP contribution in [0.2, 0.25) is 0 Å². The Hall–Kier alpha value is -2.06. The van der Waals surface area contributed by atoms with Crippen LogP contribution in [0.5, 0.6) is 0 Å². The van der Waals surface area contributed by atoms with Crippen LogP contribution in [0, 0.1) is 0 Å². The van der Waals surface area contributed by atoms with Gasteiger partial charge in [-0.3, -0.25) is 5.10 Å². The molecule has 0 aliphatic rings. The van der Waals surface area contributed by atoms with Crippen LogP contribution in [0.1, 0.15) is 16.3 Å². The molecule has 6 nitrogen and oxygen atoms in total. The lowest BCUT2D eigenvalue weighted by atomic mass is 10.4. The van der Waals surface area contributed by atoms with E-state index in [1.807, 2.05) is 17.5 Å². The Bertz CT molecular complexity index is 734. The second kappa shape index (κ2) is 6.15. The average Bonchev–Trinajstić information content (AvgIpc) is 3.23. The van der Waals surface area contributed by atoms with Gasteiger partial charge in [0.05, 0.1) is 17.7 Å². The van der Waals surface area contributed by atoms with Gasteiger partial charge in [-0.2, -0.15) is 0 Å². The van der Waals surface area contributed by atoms with Gasteiger partial charge in [-0.25, -0.2) is 9.78 Å². The molecule has 21 heavy (non-hydrogen) atoms. The van der Waals surface area contributed by atoms with Crippen LogP contribution in [0.4, 0.5) is 0 Å². The van der Waals surface area contributed by atoms with E-state index in [0.29, 0.717) is 16.7 Å². The van der Waals surface area contributed by atoms with Gasteiger partial charge in [0.2, 0.25) is 10.9 Å². The highest BCUT2D eigenvalue weighted by Crippen LogP contribution is 2.25. The summed E-state index contributed by atoms with van der Waals surface area (Å²) in [5.74, 6) is 1.68. The molecule has 0 saturated carbocycles. The van der Waals surface area contributed by atoms with Crippen molar-refractivity contribution >= 4 is 29.1 Å². The second-order valence-corrected chi connectivity index (χ2v) is 5.88. The molecule has 3 aromatic heterocycles. The maximum absolute atomic E-state index is 11.3. The molecule has 0 aromatic carbocycles. The van der Waals surface area contributed by atoms with Crippen LogP contribution < -0.4 is 0 Å². The first-order chi connectivity index (χ1) is 10.3. The van der Waals surface area contributed by atoms with Gasteiger partial charge in [0.15, 0.2) is 5.82 Å². The average molecular weight is 321 g/mol. The Morgan fingerprint density at radius 1 is 1.48 bits per heavy atom. The minimum absolute atomic E-state index is 0.197. The van der Waals surface area contributed by atoms with Gasteiger partial charge in [0.25, 0.3) is 0 Å². The zero-order valence-electron chi connectivity index (χ0n) is 11.0. The fraction of sp³-hybridized carbons (Fsp3) is 0.154. The molecule has 8 heteroatoms. The number of carbonyl (C=O) groups excluding carboxylic acids is 1. The third-order valence-electron chi connectivity index (χ3n) is 2.61. The Kier molecular flexibility index (Phi) is 4.07. The Morgan fingerprint density at radius 3 is 3.14 bits per heavy atom. The maximum Gasteiger partial charge on any atom is 0.373 e. The largest absolute Gasteiger partial charge is 0.463 e. The summed E-state index contributed by atoms with van der Waals surface area (Å²) in [4.78, 5) is 16.7. The summed E-state index contributed by atoms with van der Waals surface area (Å²) >= 11 is 3.03. The van der Waals surface area contributed by atoms with E-state index in [-0.39, 0.29) is 5.76 Å². The number of hydrogen-bond acceptors (Lipinski definition) is 7. The number of ether oxygens (including phenoxy) is 1. The number of nitrogens with one attached hydrogen (secondary N) is 1. The van der Waals surface area contributed by atoms with E-state index in [4.69, 9.17) is 4.42 Å². The van der Waals surface area contributed by atoms with Gasteiger partial charge in [-0.1, -0.05) is 17.8 Å². The van der Waals surface area contributed by atoms with E-state index >= 15 is 0 Å². The number of thioether (sulfide) groups is 1. The first-order valence-corrected chi connectivity index (χ1v) is 7.89. The molecule has 1 N–H and O–H groups in total. The summed E-state index contributed by atoms with van der Waals surface area (Å²) in [5.41, 5.74) is 0. The molecule has 0 amide bonds. The fourth-order valence-electron chi connectivity index (χ4n) is 1.64. The third-order valence-corrected chi connectivity index (χ3v) is 4.36. The molecule has 0 fully saturated rings. The molecule has 0 atom stereocenters. The molecular formula is C13H11N3O3S2. The van der Waals surface area contributed by atoms with Crippen molar-refractivity contribution < 1.29 is 13.9 Å². The van der Waals surface area contributed by atoms with Crippen molar-refractivity contribution in [3.8, 4) is 10.7 Å². The molecule has 108 valence electrons. The van der Waals surface area contributed by atoms with Crippen LogP contribution >= 0.6 is 23.1 Å². The van der Waals surface area contributed by atoms with Crippen molar-refractivity contribution in [2.75, 3.05) is 7.11 Å². The molecule has 0 bridgehead atoms. The SMILES string of the molecule is COC(=O)c1ccc(CSc2n[nH]c(-c3cccs3)n2)o1. The maximum atomic E-state index is 11.3.